The van der Waals surface area contributed by atoms with E-state index in [0.29, 0.717) is 11.3 Å². The molecule has 1 N–H and O–H groups in total. The molecule has 1 aliphatic heterocycles. The largest absolute Gasteiger partial charge is 0.461 e. The number of amides is 2. The summed E-state index contributed by atoms with van der Waals surface area (Å²) in [7, 11) is 0. The molecular formula is C28H33FN2O5S. The van der Waals surface area contributed by atoms with Crippen molar-refractivity contribution in [3.63, 3.8) is 0 Å². The van der Waals surface area contributed by atoms with Gasteiger partial charge in [0, 0.05) is 12.5 Å². The van der Waals surface area contributed by atoms with Crippen molar-refractivity contribution in [3.05, 3.63) is 76.9 Å². The Morgan fingerprint density at radius 2 is 1.70 bits per heavy atom. The van der Waals surface area contributed by atoms with Crippen molar-refractivity contribution in [2.24, 2.45) is 5.92 Å². The molecule has 0 saturated carbocycles. The highest BCUT2D eigenvalue weighted by Gasteiger charge is 2.44. The molecule has 0 bridgehead atoms. The molecule has 9 heteroatoms. The van der Waals surface area contributed by atoms with Crippen LogP contribution in [-0.2, 0) is 25.5 Å². The first-order valence-electron chi connectivity index (χ1n) is 12.2. The van der Waals surface area contributed by atoms with Gasteiger partial charge in [-0.1, -0.05) is 44.2 Å². The summed E-state index contributed by atoms with van der Waals surface area (Å²) >= 11 is 1.32. The molecule has 1 heterocycles. The Hall–Kier alpha value is -3.17. The lowest BCUT2D eigenvalue weighted by molar-refractivity contribution is -0.175. The van der Waals surface area contributed by atoms with E-state index < -0.39 is 41.2 Å². The number of hydrazine groups is 1. The van der Waals surface area contributed by atoms with Crippen LogP contribution in [0.2, 0.25) is 0 Å². The maximum absolute atomic E-state index is 13.9. The van der Waals surface area contributed by atoms with E-state index in [-0.39, 0.29) is 18.2 Å². The van der Waals surface area contributed by atoms with Crippen LogP contribution in [0, 0.1) is 11.7 Å². The number of aliphatic hydroxyl groups excluding tert-OH is 1. The number of hydrogen-bond donors (Lipinski definition) is 1. The van der Waals surface area contributed by atoms with E-state index in [4.69, 9.17) is 4.74 Å². The number of rotatable bonds is 9. The Kier molecular flexibility index (Phi) is 9.50. The maximum atomic E-state index is 13.9. The van der Waals surface area contributed by atoms with Gasteiger partial charge in [0.2, 0.25) is 5.91 Å². The predicted molar refractivity (Wildman–Crippen MR) is 141 cm³/mol. The SMILES string of the molecule is CC(=O)N([C@@H](Cc1ccccc1)C(O)C(=O)OC(C)C)N1C(=O)C(C(C)C)SC=C1c1ccc(F)cc1. The van der Waals surface area contributed by atoms with E-state index in [1.807, 2.05) is 44.2 Å². The standard InChI is InChI=1S/C28H33FN2O5S/c1-17(2)26-27(34)31(24(16-37-26)21-11-13-22(29)14-12-21)30(19(5)32)23(15-20-9-7-6-8-10-20)25(33)28(35)36-18(3)4/h6-14,16-18,23,25-26,33H,15H2,1-5H3/t23-,25?,26?/m0/s1. The van der Waals surface area contributed by atoms with Gasteiger partial charge in [0.1, 0.15) is 5.82 Å². The second-order valence-electron chi connectivity index (χ2n) is 9.51. The second-order valence-corrected chi connectivity index (χ2v) is 10.5. The van der Waals surface area contributed by atoms with Crippen LogP contribution in [0.5, 0.6) is 0 Å². The van der Waals surface area contributed by atoms with Crippen molar-refractivity contribution in [2.75, 3.05) is 0 Å². The average molecular weight is 529 g/mol. The lowest BCUT2D eigenvalue weighted by atomic mass is 9.99. The number of carbonyl (C=O) groups excluding carboxylic acids is 3. The molecule has 0 fully saturated rings. The van der Waals surface area contributed by atoms with Gasteiger partial charge in [-0.25, -0.2) is 19.2 Å². The van der Waals surface area contributed by atoms with Crippen LogP contribution in [-0.4, -0.2) is 56.4 Å². The van der Waals surface area contributed by atoms with Crippen LogP contribution in [0.3, 0.4) is 0 Å². The van der Waals surface area contributed by atoms with Gasteiger partial charge in [-0.05, 0) is 61.4 Å². The number of hydrogen-bond acceptors (Lipinski definition) is 6. The molecule has 1 aliphatic rings. The molecule has 2 aromatic carbocycles. The third kappa shape index (κ3) is 6.78. The average Bonchev–Trinajstić information content (AvgIpc) is 2.84. The van der Waals surface area contributed by atoms with Gasteiger partial charge in [0.25, 0.3) is 5.91 Å². The monoisotopic (exact) mass is 528 g/mol. The van der Waals surface area contributed by atoms with Gasteiger partial charge in [-0.2, -0.15) is 0 Å². The highest BCUT2D eigenvalue weighted by Crippen LogP contribution is 2.38. The summed E-state index contributed by atoms with van der Waals surface area (Å²) in [6, 6.07) is 13.5. The molecule has 3 rings (SSSR count). The van der Waals surface area contributed by atoms with Crippen molar-refractivity contribution >= 4 is 35.2 Å². The number of nitrogens with zero attached hydrogens (tertiary/aromatic N) is 2. The minimum absolute atomic E-state index is 0.0665. The third-order valence-corrected chi connectivity index (χ3v) is 7.25. The molecule has 3 atom stereocenters. The summed E-state index contributed by atoms with van der Waals surface area (Å²) < 4.78 is 19.0. The Bertz CT molecular complexity index is 1140. The number of ether oxygens (including phenoxy) is 1. The Morgan fingerprint density at radius 3 is 2.24 bits per heavy atom. The van der Waals surface area contributed by atoms with E-state index in [9.17, 15) is 23.9 Å². The van der Waals surface area contributed by atoms with Crippen LogP contribution in [0.4, 0.5) is 4.39 Å². The molecule has 2 amide bonds. The summed E-state index contributed by atoms with van der Waals surface area (Å²) in [6.07, 6.45) is -2.14. The summed E-state index contributed by atoms with van der Waals surface area (Å²) in [5, 5.41) is 14.8. The molecule has 0 radical (unpaired) electrons. The highest BCUT2D eigenvalue weighted by atomic mass is 32.2. The van der Waals surface area contributed by atoms with Crippen molar-refractivity contribution in [2.45, 2.75) is 64.5 Å². The fraction of sp³-hybridized carbons (Fsp3) is 0.393. The first kappa shape index (κ1) is 28.4. The van der Waals surface area contributed by atoms with E-state index >= 15 is 0 Å². The summed E-state index contributed by atoms with van der Waals surface area (Å²) in [5.41, 5.74) is 1.61. The van der Waals surface area contributed by atoms with Crippen molar-refractivity contribution in [3.8, 4) is 0 Å². The van der Waals surface area contributed by atoms with E-state index in [1.165, 1.54) is 48.0 Å². The summed E-state index contributed by atoms with van der Waals surface area (Å²) in [5.74, 6) is -2.33. The summed E-state index contributed by atoms with van der Waals surface area (Å²) in [6.45, 7) is 8.40. The van der Waals surface area contributed by atoms with Crippen LogP contribution in [0.25, 0.3) is 5.70 Å². The van der Waals surface area contributed by atoms with Crippen molar-refractivity contribution < 1.29 is 28.6 Å². The molecule has 0 saturated heterocycles. The lowest BCUT2D eigenvalue weighted by Gasteiger charge is -2.45. The number of halogens is 1. The number of carbonyl (C=O) groups is 3. The zero-order chi connectivity index (χ0) is 27.3. The molecule has 37 heavy (non-hydrogen) atoms. The van der Waals surface area contributed by atoms with Crippen molar-refractivity contribution in [1.82, 2.24) is 10.0 Å². The quantitative estimate of drug-likeness (QED) is 0.485. The Labute approximate surface area is 221 Å². The normalized spacial score (nSPS) is 17.4. The zero-order valence-electron chi connectivity index (χ0n) is 21.6. The van der Waals surface area contributed by atoms with Crippen LogP contribution >= 0.6 is 11.8 Å². The van der Waals surface area contributed by atoms with Crippen LogP contribution < -0.4 is 0 Å². The predicted octanol–water partition coefficient (Wildman–Crippen LogP) is 4.41. The lowest BCUT2D eigenvalue weighted by Crippen LogP contribution is -2.61. The first-order chi connectivity index (χ1) is 17.5. The number of esters is 1. The molecule has 2 unspecified atom stereocenters. The van der Waals surface area contributed by atoms with Gasteiger partial charge in [0.05, 0.1) is 23.1 Å². The first-order valence-corrected chi connectivity index (χ1v) is 13.1. The molecule has 7 nitrogen and oxygen atoms in total. The van der Waals surface area contributed by atoms with Gasteiger partial charge in [0.15, 0.2) is 6.10 Å². The molecule has 0 aromatic heterocycles. The topological polar surface area (TPSA) is 87.2 Å². The fourth-order valence-electron chi connectivity index (χ4n) is 4.13. The van der Waals surface area contributed by atoms with Gasteiger partial charge < -0.3 is 9.84 Å². The second kappa shape index (κ2) is 12.4. The summed E-state index contributed by atoms with van der Waals surface area (Å²) in [4.78, 5) is 40.0. The number of thioether (sulfide) groups is 1. The van der Waals surface area contributed by atoms with E-state index in [0.717, 1.165) is 10.6 Å². The highest BCUT2D eigenvalue weighted by molar-refractivity contribution is 8.03. The van der Waals surface area contributed by atoms with Gasteiger partial charge >= 0.3 is 5.97 Å². The minimum atomic E-state index is -1.74. The number of benzene rings is 2. The van der Waals surface area contributed by atoms with Gasteiger partial charge in [-0.15, -0.1) is 11.8 Å². The molecule has 2 aromatic rings. The smallest absolute Gasteiger partial charge is 0.337 e. The Balaban J connectivity index is 2.16. The zero-order valence-corrected chi connectivity index (χ0v) is 22.4. The minimum Gasteiger partial charge on any atom is -0.461 e. The van der Waals surface area contributed by atoms with Crippen LogP contribution in [0.15, 0.2) is 60.0 Å². The van der Waals surface area contributed by atoms with Crippen LogP contribution in [0.1, 0.15) is 45.7 Å². The van der Waals surface area contributed by atoms with Crippen molar-refractivity contribution in [1.29, 1.82) is 0 Å². The third-order valence-electron chi connectivity index (χ3n) is 5.85. The molecule has 198 valence electrons. The molecule has 0 spiro atoms. The Morgan fingerprint density at radius 1 is 1.08 bits per heavy atom. The van der Waals surface area contributed by atoms with E-state index in [2.05, 4.69) is 0 Å². The molecule has 0 aliphatic carbocycles. The fourth-order valence-corrected chi connectivity index (χ4v) is 5.17. The van der Waals surface area contributed by atoms with E-state index in [1.54, 1.807) is 19.3 Å². The van der Waals surface area contributed by atoms with Gasteiger partial charge in [-0.3, -0.25) is 9.59 Å². The maximum Gasteiger partial charge on any atom is 0.337 e. The number of aliphatic hydroxyl groups is 1. The molecular weight excluding hydrogens is 495 g/mol.